The quantitative estimate of drug-likeness (QED) is 0.298. The number of methoxy groups -OCH3 is 1. The molecule has 0 aliphatic heterocycles. The Morgan fingerprint density at radius 3 is 2.57 bits per heavy atom. The van der Waals surface area contributed by atoms with Crippen LogP contribution in [0.5, 0.6) is 5.75 Å². The number of nitrogens with one attached hydrogen (secondary N) is 1. The highest BCUT2D eigenvalue weighted by atomic mass is 35.5. The highest BCUT2D eigenvalue weighted by molar-refractivity contribution is 6.43. The van der Waals surface area contributed by atoms with E-state index in [2.05, 4.69) is 10.5 Å². The molecule has 4 rings (SSSR count). The number of benzene rings is 3. The number of hydrazone groups is 1. The maximum absolute atomic E-state index is 12.6. The zero-order chi connectivity index (χ0) is 21.1. The van der Waals surface area contributed by atoms with Crippen LogP contribution in [0.15, 0.2) is 76.2 Å². The molecule has 0 atom stereocenters. The number of hydrogen-bond donors (Lipinski definition) is 1. The number of furan rings is 1. The molecule has 1 aromatic heterocycles. The molecule has 4 aromatic rings. The summed E-state index contributed by atoms with van der Waals surface area (Å²) in [6.45, 7) is 0. The molecule has 5 nitrogen and oxygen atoms in total. The Balaban J connectivity index is 1.51. The van der Waals surface area contributed by atoms with Crippen LogP contribution in [0.4, 0.5) is 0 Å². The van der Waals surface area contributed by atoms with Gasteiger partial charge in [0.2, 0.25) is 0 Å². The summed E-state index contributed by atoms with van der Waals surface area (Å²) in [5.74, 6) is 1.08. The fraction of sp³-hybridized carbons (Fsp3) is 0.0435. The van der Waals surface area contributed by atoms with Gasteiger partial charge in [-0.3, -0.25) is 4.79 Å². The maximum atomic E-state index is 12.6. The SMILES string of the molecule is COc1cc2ccccc2cc1C(=O)N/N=C/c1ccc(-c2cccc(Cl)c2Cl)o1. The molecule has 0 saturated carbocycles. The zero-order valence-corrected chi connectivity index (χ0v) is 17.4. The molecule has 0 radical (unpaired) electrons. The number of carbonyl (C=O) groups is 1. The van der Waals surface area contributed by atoms with E-state index in [1.807, 2.05) is 36.4 Å². The van der Waals surface area contributed by atoms with Crippen LogP contribution in [-0.2, 0) is 0 Å². The first-order valence-corrected chi connectivity index (χ1v) is 9.77. The summed E-state index contributed by atoms with van der Waals surface area (Å²) < 4.78 is 11.1. The summed E-state index contributed by atoms with van der Waals surface area (Å²) in [5.41, 5.74) is 3.56. The fourth-order valence-corrected chi connectivity index (χ4v) is 3.44. The monoisotopic (exact) mass is 438 g/mol. The average Bonchev–Trinajstić information content (AvgIpc) is 3.23. The van der Waals surface area contributed by atoms with Crippen molar-refractivity contribution in [3.05, 3.63) is 88.1 Å². The molecule has 0 spiro atoms. The van der Waals surface area contributed by atoms with Crippen molar-refractivity contribution in [2.75, 3.05) is 7.11 Å². The third kappa shape index (κ3) is 4.03. The molecule has 0 aliphatic rings. The third-order valence-electron chi connectivity index (χ3n) is 4.51. The van der Waals surface area contributed by atoms with E-state index in [4.69, 9.17) is 32.4 Å². The van der Waals surface area contributed by atoms with Gasteiger partial charge < -0.3 is 9.15 Å². The fourth-order valence-electron chi connectivity index (χ4n) is 3.04. The van der Waals surface area contributed by atoms with Gasteiger partial charge in [0.25, 0.3) is 5.91 Å². The van der Waals surface area contributed by atoms with Crippen LogP contribution in [0, 0.1) is 0 Å². The summed E-state index contributed by atoms with van der Waals surface area (Å²) in [5, 5.41) is 6.76. The van der Waals surface area contributed by atoms with Crippen molar-refractivity contribution in [2.24, 2.45) is 5.10 Å². The Bertz CT molecular complexity index is 1260. The van der Waals surface area contributed by atoms with Gasteiger partial charge in [0.15, 0.2) is 0 Å². The minimum Gasteiger partial charge on any atom is -0.496 e. The first kappa shape index (κ1) is 20.0. The van der Waals surface area contributed by atoms with Crippen LogP contribution in [0.25, 0.3) is 22.1 Å². The predicted molar refractivity (Wildman–Crippen MR) is 120 cm³/mol. The first-order chi connectivity index (χ1) is 14.6. The van der Waals surface area contributed by atoms with Crippen molar-refractivity contribution in [1.82, 2.24) is 5.43 Å². The van der Waals surface area contributed by atoms with Crippen molar-refractivity contribution in [3.8, 4) is 17.1 Å². The molecule has 1 heterocycles. The smallest absolute Gasteiger partial charge is 0.275 e. The van der Waals surface area contributed by atoms with Gasteiger partial charge in [0.05, 0.1) is 28.9 Å². The number of fused-ring (bicyclic) bond motifs is 1. The standard InChI is InChI=1S/C23H16Cl2N2O3/c1-29-21-12-15-6-3-2-5-14(15)11-18(21)23(28)27-26-13-16-9-10-20(30-16)17-7-4-8-19(24)22(17)25/h2-13H,1H3,(H,27,28)/b26-13+. The topological polar surface area (TPSA) is 63.8 Å². The Hall–Kier alpha value is -3.28. The lowest BCUT2D eigenvalue weighted by molar-refractivity contribution is 0.0952. The lowest BCUT2D eigenvalue weighted by Crippen LogP contribution is -2.18. The first-order valence-electron chi connectivity index (χ1n) is 9.01. The Kier molecular flexibility index (Phi) is 5.74. The highest BCUT2D eigenvalue weighted by Gasteiger charge is 2.14. The lowest BCUT2D eigenvalue weighted by atomic mass is 10.1. The van der Waals surface area contributed by atoms with Crippen molar-refractivity contribution in [2.45, 2.75) is 0 Å². The Labute approximate surface area is 182 Å². The second-order valence-electron chi connectivity index (χ2n) is 6.40. The number of halogens is 2. The molecular formula is C23H16Cl2N2O3. The van der Waals surface area contributed by atoms with Gasteiger partial charge >= 0.3 is 0 Å². The number of rotatable bonds is 5. The molecule has 0 bridgehead atoms. The van der Waals surface area contributed by atoms with E-state index in [0.717, 1.165) is 10.8 Å². The van der Waals surface area contributed by atoms with Crippen molar-refractivity contribution in [3.63, 3.8) is 0 Å². The third-order valence-corrected chi connectivity index (χ3v) is 5.33. The largest absolute Gasteiger partial charge is 0.496 e. The highest BCUT2D eigenvalue weighted by Crippen LogP contribution is 2.34. The van der Waals surface area contributed by atoms with Crippen molar-refractivity contribution >= 4 is 46.1 Å². The second kappa shape index (κ2) is 8.61. The van der Waals surface area contributed by atoms with E-state index >= 15 is 0 Å². The summed E-state index contributed by atoms with van der Waals surface area (Å²) >= 11 is 12.3. The van der Waals surface area contributed by atoms with Gasteiger partial charge in [0.1, 0.15) is 17.3 Å². The Morgan fingerprint density at radius 1 is 1.03 bits per heavy atom. The van der Waals surface area contributed by atoms with Crippen LogP contribution in [0.1, 0.15) is 16.1 Å². The van der Waals surface area contributed by atoms with Crippen molar-refractivity contribution in [1.29, 1.82) is 0 Å². The lowest BCUT2D eigenvalue weighted by Gasteiger charge is -2.09. The van der Waals surface area contributed by atoms with Gasteiger partial charge in [-0.15, -0.1) is 0 Å². The van der Waals surface area contributed by atoms with Gasteiger partial charge in [-0.2, -0.15) is 5.10 Å². The van der Waals surface area contributed by atoms with E-state index in [-0.39, 0.29) is 0 Å². The second-order valence-corrected chi connectivity index (χ2v) is 7.19. The van der Waals surface area contributed by atoms with Gasteiger partial charge in [-0.25, -0.2) is 5.43 Å². The molecule has 1 N–H and O–H groups in total. The van der Waals surface area contributed by atoms with Crippen LogP contribution in [-0.4, -0.2) is 19.2 Å². The van der Waals surface area contributed by atoms with Gasteiger partial charge in [-0.1, -0.05) is 53.5 Å². The van der Waals surface area contributed by atoms with E-state index < -0.39 is 5.91 Å². The van der Waals surface area contributed by atoms with Crippen LogP contribution >= 0.6 is 23.2 Å². The minimum atomic E-state index is -0.390. The maximum Gasteiger partial charge on any atom is 0.275 e. The van der Waals surface area contributed by atoms with E-state index in [1.54, 1.807) is 30.3 Å². The molecule has 1 amide bonds. The summed E-state index contributed by atoms with van der Waals surface area (Å²) in [6, 6.07) is 20.1. The molecule has 3 aromatic carbocycles. The molecule has 150 valence electrons. The molecule has 0 aliphatic carbocycles. The van der Waals surface area contributed by atoms with Gasteiger partial charge in [0, 0.05) is 5.56 Å². The summed E-state index contributed by atoms with van der Waals surface area (Å²) in [4.78, 5) is 12.6. The van der Waals surface area contributed by atoms with Crippen LogP contribution in [0.2, 0.25) is 10.0 Å². The predicted octanol–water partition coefficient (Wildman–Crippen LogP) is 6.18. The number of ether oxygens (including phenoxy) is 1. The average molecular weight is 439 g/mol. The molecule has 0 saturated heterocycles. The van der Waals surface area contributed by atoms with Crippen molar-refractivity contribution < 1.29 is 13.9 Å². The van der Waals surface area contributed by atoms with Gasteiger partial charge in [-0.05, 0) is 47.2 Å². The van der Waals surface area contributed by atoms with Crippen LogP contribution < -0.4 is 10.2 Å². The number of carbonyl (C=O) groups excluding carboxylic acids is 1. The molecule has 30 heavy (non-hydrogen) atoms. The normalized spacial score (nSPS) is 11.2. The van der Waals surface area contributed by atoms with Crippen LogP contribution in [0.3, 0.4) is 0 Å². The van der Waals surface area contributed by atoms with E-state index in [0.29, 0.717) is 38.4 Å². The molecule has 0 fully saturated rings. The molecular weight excluding hydrogens is 423 g/mol. The number of nitrogens with zero attached hydrogens (tertiary/aromatic N) is 1. The molecule has 7 heteroatoms. The molecule has 0 unspecified atom stereocenters. The zero-order valence-electron chi connectivity index (χ0n) is 15.9. The minimum absolute atomic E-state index is 0.388. The number of hydrogen-bond acceptors (Lipinski definition) is 4. The van der Waals surface area contributed by atoms with E-state index in [1.165, 1.54) is 13.3 Å². The van der Waals surface area contributed by atoms with E-state index in [9.17, 15) is 4.79 Å². The Morgan fingerprint density at radius 2 is 1.80 bits per heavy atom. The number of amides is 1. The summed E-state index contributed by atoms with van der Waals surface area (Å²) in [6.07, 6.45) is 1.41. The summed E-state index contributed by atoms with van der Waals surface area (Å²) in [7, 11) is 1.52.